The Morgan fingerprint density at radius 2 is 1.94 bits per heavy atom. The van der Waals surface area contributed by atoms with E-state index in [0.29, 0.717) is 18.7 Å². The molecule has 0 aliphatic rings. The van der Waals surface area contributed by atoms with Gasteiger partial charge in [-0.15, -0.1) is 0 Å². The van der Waals surface area contributed by atoms with Crippen molar-refractivity contribution in [3.63, 3.8) is 0 Å². The Balaban J connectivity index is 2.72. The van der Waals surface area contributed by atoms with Crippen molar-refractivity contribution in [2.75, 3.05) is 18.0 Å². The van der Waals surface area contributed by atoms with Gasteiger partial charge in [-0.25, -0.2) is 4.39 Å². The van der Waals surface area contributed by atoms with E-state index in [2.05, 4.69) is 0 Å². The third kappa shape index (κ3) is 3.81. The predicted octanol–water partition coefficient (Wildman–Crippen LogP) is 2.81. The molecule has 1 rings (SSSR count). The number of halogens is 1. The zero-order valence-electron chi connectivity index (χ0n) is 10.2. The fraction of sp³-hybridized carbons (Fsp3) is 0.538. The molecule has 0 heterocycles. The first-order chi connectivity index (χ1) is 7.44. The monoisotopic (exact) mass is 225 g/mol. The zero-order valence-corrected chi connectivity index (χ0v) is 10.2. The molecule has 1 aromatic rings. The quantitative estimate of drug-likeness (QED) is 0.833. The predicted molar refractivity (Wildman–Crippen MR) is 65.2 cm³/mol. The second-order valence-electron chi connectivity index (χ2n) is 4.59. The van der Waals surface area contributed by atoms with Crippen LogP contribution in [0.15, 0.2) is 24.3 Å². The van der Waals surface area contributed by atoms with Gasteiger partial charge in [0.1, 0.15) is 5.82 Å². The van der Waals surface area contributed by atoms with Gasteiger partial charge >= 0.3 is 0 Å². The highest BCUT2D eigenvalue weighted by molar-refractivity contribution is 5.47. The van der Waals surface area contributed by atoms with E-state index in [9.17, 15) is 9.50 Å². The molecule has 0 fully saturated rings. The summed E-state index contributed by atoms with van der Waals surface area (Å²) in [6.07, 6.45) is 0.620. The summed E-state index contributed by atoms with van der Waals surface area (Å²) in [7, 11) is 0. The molecule has 1 aromatic carbocycles. The van der Waals surface area contributed by atoms with Crippen molar-refractivity contribution < 1.29 is 9.50 Å². The number of hydrogen-bond donors (Lipinski definition) is 1. The van der Waals surface area contributed by atoms with Crippen LogP contribution in [0.4, 0.5) is 10.1 Å². The number of hydrogen-bond acceptors (Lipinski definition) is 2. The molecule has 0 saturated heterocycles. The molecule has 16 heavy (non-hydrogen) atoms. The Morgan fingerprint density at radius 1 is 1.31 bits per heavy atom. The highest BCUT2D eigenvalue weighted by Gasteiger charge is 2.16. The van der Waals surface area contributed by atoms with Crippen molar-refractivity contribution in [2.45, 2.75) is 32.8 Å². The Hall–Kier alpha value is -1.09. The van der Waals surface area contributed by atoms with Crippen LogP contribution >= 0.6 is 0 Å². The second-order valence-corrected chi connectivity index (χ2v) is 4.59. The normalized spacial score (nSPS) is 11.6. The lowest BCUT2D eigenvalue weighted by Crippen LogP contribution is -2.31. The molecule has 0 aliphatic heterocycles. The molecule has 0 bridgehead atoms. The maximum Gasteiger partial charge on any atom is 0.146 e. The molecule has 2 nitrogen and oxygen atoms in total. The summed E-state index contributed by atoms with van der Waals surface area (Å²) >= 11 is 0. The number of nitrogens with zero attached hydrogens (tertiary/aromatic N) is 1. The number of benzene rings is 1. The minimum atomic E-state index is -0.710. The molecule has 0 radical (unpaired) electrons. The molecule has 0 spiro atoms. The summed E-state index contributed by atoms with van der Waals surface area (Å²) in [5, 5.41) is 9.66. The summed E-state index contributed by atoms with van der Waals surface area (Å²) in [5.74, 6) is -0.208. The van der Waals surface area contributed by atoms with Crippen LogP contribution in [0.5, 0.6) is 0 Å². The standard InChI is InChI=1S/C13H20FNO/c1-4-15(10-9-13(2,3)16)12-8-6-5-7-11(12)14/h5-8,16H,4,9-10H2,1-3H3. The van der Waals surface area contributed by atoms with Crippen molar-refractivity contribution in [2.24, 2.45) is 0 Å². The zero-order chi connectivity index (χ0) is 12.2. The Kier molecular flexibility index (Phi) is 4.30. The molecule has 3 heteroatoms. The van der Waals surface area contributed by atoms with Gasteiger partial charge in [-0.3, -0.25) is 0 Å². The SMILES string of the molecule is CCN(CCC(C)(C)O)c1ccccc1F. The van der Waals surface area contributed by atoms with Crippen molar-refractivity contribution >= 4 is 5.69 Å². The third-order valence-corrected chi connectivity index (χ3v) is 2.57. The highest BCUT2D eigenvalue weighted by atomic mass is 19.1. The molecule has 0 saturated carbocycles. The third-order valence-electron chi connectivity index (χ3n) is 2.57. The average molecular weight is 225 g/mol. The van der Waals surface area contributed by atoms with E-state index in [1.165, 1.54) is 6.07 Å². The largest absolute Gasteiger partial charge is 0.390 e. The van der Waals surface area contributed by atoms with Crippen LogP contribution in [0, 0.1) is 5.82 Å². The molecule has 0 aliphatic carbocycles. The summed E-state index contributed by atoms with van der Waals surface area (Å²) in [4.78, 5) is 1.94. The van der Waals surface area contributed by atoms with E-state index < -0.39 is 5.60 Å². The van der Waals surface area contributed by atoms with Gasteiger partial charge in [-0.2, -0.15) is 0 Å². The van der Waals surface area contributed by atoms with Gasteiger partial charge in [0.05, 0.1) is 11.3 Å². The van der Waals surface area contributed by atoms with Gasteiger partial charge in [0.15, 0.2) is 0 Å². The van der Waals surface area contributed by atoms with Crippen LogP contribution in [0.3, 0.4) is 0 Å². The smallest absolute Gasteiger partial charge is 0.146 e. The van der Waals surface area contributed by atoms with Crippen LogP contribution < -0.4 is 4.90 Å². The second kappa shape index (κ2) is 5.30. The lowest BCUT2D eigenvalue weighted by atomic mass is 10.1. The van der Waals surface area contributed by atoms with Gasteiger partial charge < -0.3 is 10.0 Å². The van der Waals surface area contributed by atoms with Gasteiger partial charge in [-0.05, 0) is 39.3 Å². The molecule has 0 aromatic heterocycles. The molecule has 0 amide bonds. The average Bonchev–Trinajstić information content (AvgIpc) is 2.20. The van der Waals surface area contributed by atoms with Crippen molar-refractivity contribution in [1.82, 2.24) is 0 Å². The van der Waals surface area contributed by atoms with Crippen LogP contribution in [0.25, 0.3) is 0 Å². The summed E-state index contributed by atoms with van der Waals surface area (Å²) in [6.45, 7) is 6.90. The van der Waals surface area contributed by atoms with Crippen LogP contribution in [-0.4, -0.2) is 23.8 Å². The van der Waals surface area contributed by atoms with Crippen molar-refractivity contribution in [1.29, 1.82) is 0 Å². The number of rotatable bonds is 5. The summed E-state index contributed by atoms with van der Waals surface area (Å²) in [5.41, 5.74) is -0.104. The molecular formula is C13H20FNO. The Labute approximate surface area is 96.7 Å². The van der Waals surface area contributed by atoms with Gasteiger partial charge in [-0.1, -0.05) is 12.1 Å². The molecule has 0 unspecified atom stereocenters. The van der Waals surface area contributed by atoms with E-state index in [0.717, 1.165) is 6.54 Å². The molecular weight excluding hydrogens is 205 g/mol. The molecule has 90 valence electrons. The summed E-state index contributed by atoms with van der Waals surface area (Å²) < 4.78 is 13.5. The van der Waals surface area contributed by atoms with Crippen LogP contribution in [0.1, 0.15) is 27.2 Å². The minimum Gasteiger partial charge on any atom is -0.390 e. The van der Waals surface area contributed by atoms with E-state index in [1.807, 2.05) is 17.9 Å². The number of aliphatic hydroxyl groups is 1. The van der Waals surface area contributed by atoms with Crippen molar-refractivity contribution in [3.05, 3.63) is 30.1 Å². The number of anilines is 1. The molecule has 1 N–H and O–H groups in total. The Bertz CT molecular complexity index is 333. The first-order valence-corrected chi connectivity index (χ1v) is 5.66. The minimum absolute atomic E-state index is 0.208. The fourth-order valence-electron chi connectivity index (χ4n) is 1.57. The van der Waals surface area contributed by atoms with Crippen LogP contribution in [0.2, 0.25) is 0 Å². The first kappa shape index (κ1) is 13.0. The van der Waals surface area contributed by atoms with E-state index in [1.54, 1.807) is 26.0 Å². The van der Waals surface area contributed by atoms with Gasteiger partial charge in [0, 0.05) is 13.1 Å². The maximum atomic E-state index is 13.5. The topological polar surface area (TPSA) is 23.5 Å². The number of para-hydroxylation sites is 1. The van der Waals surface area contributed by atoms with Gasteiger partial charge in [0.2, 0.25) is 0 Å². The van der Waals surface area contributed by atoms with E-state index >= 15 is 0 Å². The lowest BCUT2D eigenvalue weighted by molar-refractivity contribution is 0.0731. The van der Waals surface area contributed by atoms with E-state index in [4.69, 9.17) is 0 Å². The summed E-state index contributed by atoms with van der Waals surface area (Å²) in [6, 6.07) is 6.74. The molecule has 0 atom stereocenters. The Morgan fingerprint density at radius 3 is 2.44 bits per heavy atom. The van der Waals surface area contributed by atoms with Crippen molar-refractivity contribution in [3.8, 4) is 0 Å². The maximum absolute atomic E-state index is 13.5. The van der Waals surface area contributed by atoms with Gasteiger partial charge in [0.25, 0.3) is 0 Å². The van der Waals surface area contributed by atoms with E-state index in [-0.39, 0.29) is 5.82 Å². The highest BCUT2D eigenvalue weighted by Crippen LogP contribution is 2.20. The van der Waals surface area contributed by atoms with Crippen LogP contribution in [-0.2, 0) is 0 Å². The lowest BCUT2D eigenvalue weighted by Gasteiger charge is -2.27. The fourth-order valence-corrected chi connectivity index (χ4v) is 1.57. The first-order valence-electron chi connectivity index (χ1n) is 5.66.